The molecule has 184 valence electrons. The van der Waals surface area contributed by atoms with Crippen LogP contribution in [0.15, 0.2) is 12.1 Å². The minimum absolute atomic E-state index is 0.0465. The van der Waals surface area contributed by atoms with Gasteiger partial charge in [0.15, 0.2) is 0 Å². The van der Waals surface area contributed by atoms with E-state index in [0.717, 1.165) is 25.7 Å². The molecule has 1 aromatic rings. The van der Waals surface area contributed by atoms with Crippen molar-refractivity contribution < 1.29 is 29.1 Å². The Kier molecular flexibility index (Phi) is 10.6. The minimum atomic E-state index is -1.04. The van der Waals surface area contributed by atoms with Gasteiger partial charge in [-0.25, -0.2) is 0 Å². The second-order valence-electron chi connectivity index (χ2n) is 8.60. The predicted octanol–water partition coefficient (Wildman–Crippen LogP) is 4.23. The molecular formula is C24H36N2O7. The topological polar surface area (TPSA) is 119 Å². The average molecular weight is 465 g/mol. The lowest BCUT2D eigenvalue weighted by molar-refractivity contribution is -0.386. The molecule has 0 spiro atoms. The Hall–Kier alpha value is -2.68. The number of benzene rings is 1. The van der Waals surface area contributed by atoms with Gasteiger partial charge in [0, 0.05) is 25.5 Å². The van der Waals surface area contributed by atoms with E-state index >= 15 is 0 Å². The zero-order valence-electron chi connectivity index (χ0n) is 19.9. The largest absolute Gasteiger partial charge is 0.493 e. The summed E-state index contributed by atoms with van der Waals surface area (Å²) in [4.78, 5) is 36.6. The Balaban J connectivity index is 1.91. The Morgan fingerprint density at radius 1 is 1.21 bits per heavy atom. The minimum Gasteiger partial charge on any atom is -0.493 e. The van der Waals surface area contributed by atoms with E-state index in [1.54, 1.807) is 13.0 Å². The number of nitro groups is 1. The molecule has 0 bridgehead atoms. The van der Waals surface area contributed by atoms with Gasteiger partial charge in [0.25, 0.3) is 5.69 Å². The number of carbonyl (C=O) groups is 2. The molecule has 1 aromatic carbocycles. The van der Waals surface area contributed by atoms with E-state index in [-0.39, 0.29) is 42.4 Å². The third-order valence-electron chi connectivity index (χ3n) is 5.99. The summed E-state index contributed by atoms with van der Waals surface area (Å²) in [5, 5.41) is 21.4. The van der Waals surface area contributed by atoms with E-state index in [4.69, 9.17) is 9.47 Å². The van der Waals surface area contributed by atoms with Crippen molar-refractivity contribution in [3.05, 3.63) is 33.4 Å². The first-order chi connectivity index (χ1) is 15.7. The number of hydrogen-bond acceptors (Lipinski definition) is 7. The summed E-state index contributed by atoms with van der Waals surface area (Å²) in [7, 11) is 0. The molecule has 9 heteroatoms. The number of hydrogen-bond donors (Lipinski definition) is 1. The van der Waals surface area contributed by atoms with Crippen LogP contribution in [0.2, 0.25) is 0 Å². The monoisotopic (exact) mass is 464 g/mol. The van der Waals surface area contributed by atoms with E-state index in [9.17, 15) is 24.8 Å². The van der Waals surface area contributed by atoms with Gasteiger partial charge in [0.1, 0.15) is 12.4 Å². The maximum atomic E-state index is 12.9. The number of rotatable bonds is 12. The summed E-state index contributed by atoms with van der Waals surface area (Å²) in [6.07, 6.45) is 5.86. The molecule has 0 radical (unpaired) electrons. The second kappa shape index (κ2) is 13.1. The molecule has 1 atom stereocenters. The lowest BCUT2D eigenvalue weighted by Crippen LogP contribution is -2.43. The van der Waals surface area contributed by atoms with Crippen molar-refractivity contribution in [2.45, 2.75) is 84.3 Å². The Morgan fingerprint density at radius 3 is 2.52 bits per heavy atom. The van der Waals surface area contributed by atoms with Gasteiger partial charge in [0.05, 0.1) is 29.7 Å². The van der Waals surface area contributed by atoms with Gasteiger partial charge in [0.2, 0.25) is 5.91 Å². The fourth-order valence-corrected chi connectivity index (χ4v) is 4.34. The standard InChI is InChI=1S/C24H36N2O7/c1-17-12-13-21(26(30)31)23(18(2)27)24(17)33-15-8-7-11-22(29)25(14-16-32-19(3)28)20-9-5-4-6-10-20/h12-13,18,20,27H,4-11,14-16H2,1-3H3. The second-order valence-corrected chi connectivity index (χ2v) is 8.60. The number of aliphatic hydroxyl groups excluding tert-OH is 1. The summed E-state index contributed by atoms with van der Waals surface area (Å²) in [6, 6.07) is 3.17. The van der Waals surface area contributed by atoms with Crippen LogP contribution in [-0.4, -0.2) is 52.6 Å². The zero-order chi connectivity index (χ0) is 24.4. The van der Waals surface area contributed by atoms with Gasteiger partial charge in [-0.15, -0.1) is 0 Å². The number of nitrogens with zero attached hydrogens (tertiary/aromatic N) is 2. The summed E-state index contributed by atoms with van der Waals surface area (Å²) >= 11 is 0. The number of carbonyl (C=O) groups excluding carboxylic acids is 2. The van der Waals surface area contributed by atoms with Gasteiger partial charge in [-0.3, -0.25) is 19.7 Å². The van der Waals surface area contributed by atoms with E-state index in [0.29, 0.717) is 37.1 Å². The van der Waals surface area contributed by atoms with Crippen LogP contribution in [0.5, 0.6) is 5.75 Å². The summed E-state index contributed by atoms with van der Waals surface area (Å²) < 4.78 is 10.9. The molecule has 0 aliphatic heterocycles. The molecule has 1 fully saturated rings. The highest BCUT2D eigenvalue weighted by Crippen LogP contribution is 2.36. The number of amides is 1. The van der Waals surface area contributed by atoms with Crippen LogP contribution >= 0.6 is 0 Å². The number of aryl methyl sites for hydroxylation is 1. The van der Waals surface area contributed by atoms with Gasteiger partial charge >= 0.3 is 5.97 Å². The summed E-state index contributed by atoms with van der Waals surface area (Å²) in [6.45, 7) is 5.51. The molecule has 1 N–H and O–H groups in total. The molecule has 0 saturated heterocycles. The lowest BCUT2D eigenvalue weighted by Gasteiger charge is -2.34. The van der Waals surface area contributed by atoms with Crippen LogP contribution < -0.4 is 4.74 Å². The molecule has 1 amide bonds. The Labute approximate surface area is 195 Å². The van der Waals surface area contributed by atoms with E-state index in [1.807, 2.05) is 4.90 Å². The fraction of sp³-hybridized carbons (Fsp3) is 0.667. The highest BCUT2D eigenvalue weighted by Gasteiger charge is 2.26. The first-order valence-corrected chi connectivity index (χ1v) is 11.7. The smallest absolute Gasteiger partial charge is 0.302 e. The third-order valence-corrected chi connectivity index (χ3v) is 5.99. The maximum absolute atomic E-state index is 12.9. The summed E-state index contributed by atoms with van der Waals surface area (Å²) in [5.41, 5.74) is 0.711. The van der Waals surface area contributed by atoms with E-state index in [1.165, 1.54) is 26.3 Å². The van der Waals surface area contributed by atoms with Crippen molar-refractivity contribution in [2.24, 2.45) is 0 Å². The third kappa shape index (κ3) is 7.99. The van der Waals surface area contributed by atoms with Gasteiger partial charge in [-0.05, 0) is 51.2 Å². The van der Waals surface area contributed by atoms with E-state index in [2.05, 4.69) is 0 Å². The molecule has 2 rings (SSSR count). The van der Waals surface area contributed by atoms with Crippen molar-refractivity contribution >= 4 is 17.6 Å². The van der Waals surface area contributed by atoms with Crippen LogP contribution in [-0.2, 0) is 14.3 Å². The van der Waals surface area contributed by atoms with Crippen molar-refractivity contribution in [1.82, 2.24) is 4.90 Å². The van der Waals surface area contributed by atoms with Crippen LogP contribution in [0, 0.1) is 17.0 Å². The molecule has 1 aliphatic rings. The van der Waals surface area contributed by atoms with Gasteiger partial charge in [-0.1, -0.05) is 19.3 Å². The highest BCUT2D eigenvalue weighted by atomic mass is 16.6. The molecular weight excluding hydrogens is 428 g/mol. The van der Waals surface area contributed by atoms with E-state index < -0.39 is 11.0 Å². The highest BCUT2D eigenvalue weighted by molar-refractivity contribution is 5.76. The van der Waals surface area contributed by atoms with Crippen molar-refractivity contribution in [3.8, 4) is 5.75 Å². The quantitative estimate of drug-likeness (QED) is 0.213. The molecule has 1 aliphatic carbocycles. The van der Waals surface area contributed by atoms with Gasteiger partial charge in [-0.2, -0.15) is 0 Å². The molecule has 1 unspecified atom stereocenters. The number of esters is 1. The molecule has 33 heavy (non-hydrogen) atoms. The van der Waals surface area contributed by atoms with Crippen molar-refractivity contribution in [3.63, 3.8) is 0 Å². The Bertz CT molecular complexity index is 819. The zero-order valence-corrected chi connectivity index (χ0v) is 19.9. The first kappa shape index (κ1) is 26.6. The van der Waals surface area contributed by atoms with Gasteiger partial charge < -0.3 is 19.5 Å². The average Bonchev–Trinajstić information content (AvgIpc) is 2.77. The number of nitro benzene ring substituents is 1. The lowest BCUT2D eigenvalue weighted by atomic mass is 9.94. The summed E-state index contributed by atoms with van der Waals surface area (Å²) in [5.74, 6) is 0.0252. The fourth-order valence-electron chi connectivity index (χ4n) is 4.34. The predicted molar refractivity (Wildman–Crippen MR) is 123 cm³/mol. The SMILES string of the molecule is CC(=O)OCCN(C(=O)CCCCOc1c(C)ccc([N+](=O)[O-])c1C(C)O)C1CCCCC1. The molecule has 1 saturated carbocycles. The Morgan fingerprint density at radius 2 is 1.91 bits per heavy atom. The normalized spacial score (nSPS) is 15.0. The number of unbranched alkanes of at least 4 members (excludes halogenated alkanes) is 1. The molecule has 9 nitrogen and oxygen atoms in total. The number of ether oxygens (including phenoxy) is 2. The first-order valence-electron chi connectivity index (χ1n) is 11.7. The van der Waals surface area contributed by atoms with Crippen LogP contribution in [0.1, 0.15) is 82.4 Å². The molecule has 0 aromatic heterocycles. The maximum Gasteiger partial charge on any atom is 0.302 e. The van der Waals surface area contributed by atoms with Crippen molar-refractivity contribution in [2.75, 3.05) is 19.8 Å². The van der Waals surface area contributed by atoms with Crippen LogP contribution in [0.3, 0.4) is 0 Å². The van der Waals surface area contributed by atoms with Crippen molar-refractivity contribution in [1.29, 1.82) is 0 Å². The number of aliphatic hydroxyl groups is 1. The molecule has 0 heterocycles. The van der Waals surface area contributed by atoms with Crippen LogP contribution in [0.4, 0.5) is 5.69 Å². The van der Waals surface area contributed by atoms with Crippen LogP contribution in [0.25, 0.3) is 0 Å².